The van der Waals surface area contributed by atoms with Crippen LogP contribution < -0.4 is 0 Å². The SMILES string of the molecule is C[CH]c1nc(CCCC)cc(CCCC)n1. The van der Waals surface area contributed by atoms with Gasteiger partial charge < -0.3 is 0 Å². The quantitative estimate of drug-likeness (QED) is 0.698. The molecule has 0 unspecified atom stereocenters. The van der Waals surface area contributed by atoms with Crippen molar-refractivity contribution in [2.75, 3.05) is 0 Å². The Bertz CT molecular complexity index is 281. The number of hydrogen-bond acceptors (Lipinski definition) is 2. The first kappa shape index (κ1) is 13.1. The fourth-order valence-corrected chi connectivity index (χ4v) is 1.68. The second-order valence-electron chi connectivity index (χ2n) is 4.20. The third-order valence-electron chi connectivity index (χ3n) is 2.68. The van der Waals surface area contributed by atoms with E-state index in [1.807, 2.05) is 13.3 Å². The Morgan fingerprint density at radius 1 is 1.00 bits per heavy atom. The van der Waals surface area contributed by atoms with Crippen molar-refractivity contribution in [1.82, 2.24) is 9.97 Å². The van der Waals surface area contributed by atoms with Crippen molar-refractivity contribution in [3.8, 4) is 0 Å². The number of hydrogen-bond donors (Lipinski definition) is 0. The number of nitrogens with zero attached hydrogens (tertiary/aromatic N) is 2. The molecule has 0 aliphatic rings. The lowest BCUT2D eigenvalue weighted by molar-refractivity contribution is 0.741. The van der Waals surface area contributed by atoms with E-state index in [1.54, 1.807) is 0 Å². The highest BCUT2D eigenvalue weighted by molar-refractivity contribution is 5.15. The van der Waals surface area contributed by atoms with Gasteiger partial charge >= 0.3 is 0 Å². The third kappa shape index (κ3) is 4.30. The maximum absolute atomic E-state index is 4.53. The van der Waals surface area contributed by atoms with Crippen LogP contribution in [0.4, 0.5) is 0 Å². The van der Waals surface area contributed by atoms with E-state index < -0.39 is 0 Å². The Balaban J connectivity index is 2.74. The van der Waals surface area contributed by atoms with E-state index in [2.05, 4.69) is 29.9 Å². The van der Waals surface area contributed by atoms with Crippen molar-refractivity contribution in [3.63, 3.8) is 0 Å². The molecular formula is C14H23N2. The van der Waals surface area contributed by atoms with Gasteiger partial charge in [-0.3, -0.25) is 0 Å². The molecule has 0 spiro atoms. The van der Waals surface area contributed by atoms with Gasteiger partial charge in [-0.2, -0.15) is 0 Å². The highest BCUT2D eigenvalue weighted by Gasteiger charge is 2.03. The van der Waals surface area contributed by atoms with Crippen LogP contribution in [0.5, 0.6) is 0 Å². The van der Waals surface area contributed by atoms with Crippen LogP contribution >= 0.6 is 0 Å². The smallest absolute Gasteiger partial charge is 0.132 e. The summed E-state index contributed by atoms with van der Waals surface area (Å²) in [5.41, 5.74) is 2.41. The Hall–Kier alpha value is -0.920. The van der Waals surface area contributed by atoms with Gasteiger partial charge in [-0.05, 0) is 31.7 Å². The lowest BCUT2D eigenvalue weighted by Gasteiger charge is -2.06. The van der Waals surface area contributed by atoms with E-state index >= 15 is 0 Å². The Kier molecular flexibility index (Phi) is 6.05. The molecule has 0 saturated carbocycles. The first-order chi connectivity index (χ1) is 7.80. The highest BCUT2D eigenvalue weighted by Crippen LogP contribution is 2.09. The summed E-state index contributed by atoms with van der Waals surface area (Å²) < 4.78 is 0. The standard InChI is InChI=1S/C14H23N2/c1-4-7-9-12-11-13(10-8-5-2)16-14(6-3)15-12/h6,11H,4-5,7-10H2,1-3H3. The summed E-state index contributed by atoms with van der Waals surface area (Å²) in [7, 11) is 0. The molecule has 0 bridgehead atoms. The molecule has 0 saturated heterocycles. The minimum atomic E-state index is 0.889. The fraction of sp³-hybridized carbons (Fsp3) is 0.643. The lowest BCUT2D eigenvalue weighted by Crippen LogP contribution is -2.02. The molecule has 1 aromatic heterocycles. The molecule has 0 aromatic carbocycles. The first-order valence-electron chi connectivity index (χ1n) is 6.46. The molecule has 0 N–H and O–H groups in total. The second kappa shape index (κ2) is 7.37. The normalized spacial score (nSPS) is 10.7. The molecular weight excluding hydrogens is 196 g/mol. The largest absolute Gasteiger partial charge is 0.238 e. The van der Waals surface area contributed by atoms with Crippen molar-refractivity contribution >= 4 is 0 Å². The molecule has 0 aliphatic carbocycles. The Morgan fingerprint density at radius 2 is 1.50 bits per heavy atom. The molecule has 0 fully saturated rings. The summed E-state index contributed by atoms with van der Waals surface area (Å²) in [5.74, 6) is 0.889. The lowest BCUT2D eigenvalue weighted by atomic mass is 10.1. The van der Waals surface area contributed by atoms with Crippen LogP contribution in [-0.4, -0.2) is 9.97 Å². The topological polar surface area (TPSA) is 25.8 Å². The zero-order chi connectivity index (χ0) is 11.8. The van der Waals surface area contributed by atoms with Gasteiger partial charge in [-0.15, -0.1) is 0 Å². The van der Waals surface area contributed by atoms with Crippen LogP contribution in [0.2, 0.25) is 0 Å². The number of rotatable bonds is 7. The van der Waals surface area contributed by atoms with Gasteiger partial charge in [0.15, 0.2) is 0 Å². The summed E-state index contributed by atoms with van der Waals surface area (Å²) >= 11 is 0. The van der Waals surface area contributed by atoms with Gasteiger partial charge in [0.2, 0.25) is 0 Å². The predicted molar refractivity (Wildman–Crippen MR) is 68.3 cm³/mol. The molecule has 1 aromatic rings. The average molecular weight is 219 g/mol. The van der Waals surface area contributed by atoms with E-state index in [0.29, 0.717) is 0 Å². The van der Waals surface area contributed by atoms with Gasteiger partial charge in [0.05, 0.1) is 0 Å². The van der Waals surface area contributed by atoms with Gasteiger partial charge in [0.1, 0.15) is 5.82 Å². The van der Waals surface area contributed by atoms with Crippen molar-refractivity contribution < 1.29 is 0 Å². The zero-order valence-corrected chi connectivity index (χ0v) is 10.8. The predicted octanol–water partition coefficient (Wildman–Crippen LogP) is 3.73. The highest BCUT2D eigenvalue weighted by atomic mass is 14.9. The van der Waals surface area contributed by atoms with Crippen molar-refractivity contribution in [3.05, 3.63) is 29.7 Å². The van der Waals surface area contributed by atoms with Crippen LogP contribution in [0.25, 0.3) is 0 Å². The van der Waals surface area contributed by atoms with E-state index in [4.69, 9.17) is 0 Å². The second-order valence-corrected chi connectivity index (χ2v) is 4.20. The molecule has 0 aliphatic heterocycles. The van der Waals surface area contributed by atoms with Crippen LogP contribution in [0.3, 0.4) is 0 Å². The van der Waals surface area contributed by atoms with Crippen molar-refractivity contribution in [2.45, 2.75) is 59.3 Å². The van der Waals surface area contributed by atoms with E-state index in [-0.39, 0.29) is 0 Å². The molecule has 1 heterocycles. The van der Waals surface area contributed by atoms with Crippen LogP contribution in [0.15, 0.2) is 6.07 Å². The fourth-order valence-electron chi connectivity index (χ4n) is 1.68. The van der Waals surface area contributed by atoms with Crippen molar-refractivity contribution in [2.24, 2.45) is 0 Å². The van der Waals surface area contributed by atoms with E-state index in [1.165, 1.54) is 37.1 Å². The summed E-state index contributed by atoms with van der Waals surface area (Å²) in [5, 5.41) is 0. The van der Waals surface area contributed by atoms with Gasteiger partial charge in [0.25, 0.3) is 0 Å². The molecule has 0 amide bonds. The zero-order valence-electron chi connectivity index (χ0n) is 10.8. The van der Waals surface area contributed by atoms with E-state index in [0.717, 1.165) is 18.7 Å². The van der Waals surface area contributed by atoms with Crippen molar-refractivity contribution in [1.29, 1.82) is 0 Å². The van der Waals surface area contributed by atoms with Gasteiger partial charge in [-0.1, -0.05) is 33.6 Å². The maximum Gasteiger partial charge on any atom is 0.132 e. The third-order valence-corrected chi connectivity index (χ3v) is 2.68. The number of aromatic nitrogens is 2. The molecule has 1 rings (SSSR count). The number of aryl methyl sites for hydroxylation is 2. The van der Waals surface area contributed by atoms with Crippen LogP contribution in [-0.2, 0) is 12.8 Å². The average Bonchev–Trinajstić information content (AvgIpc) is 2.33. The minimum Gasteiger partial charge on any atom is -0.238 e. The van der Waals surface area contributed by atoms with Gasteiger partial charge in [0, 0.05) is 17.8 Å². The number of unbranched alkanes of at least 4 members (excludes halogenated alkanes) is 2. The molecule has 2 nitrogen and oxygen atoms in total. The minimum absolute atomic E-state index is 0.889. The van der Waals surface area contributed by atoms with Crippen LogP contribution in [0.1, 0.15) is 63.7 Å². The Labute approximate surface area is 99.5 Å². The molecule has 2 heteroatoms. The van der Waals surface area contributed by atoms with E-state index in [9.17, 15) is 0 Å². The summed E-state index contributed by atoms with van der Waals surface area (Å²) in [6, 6.07) is 2.18. The van der Waals surface area contributed by atoms with Gasteiger partial charge in [-0.25, -0.2) is 9.97 Å². The monoisotopic (exact) mass is 219 g/mol. The first-order valence-corrected chi connectivity index (χ1v) is 6.46. The summed E-state index contributed by atoms with van der Waals surface area (Å²) in [6.07, 6.45) is 9.03. The molecule has 16 heavy (non-hydrogen) atoms. The molecule has 89 valence electrons. The molecule has 0 atom stereocenters. The summed E-state index contributed by atoms with van der Waals surface area (Å²) in [4.78, 5) is 9.06. The van der Waals surface area contributed by atoms with Crippen LogP contribution in [0, 0.1) is 6.42 Å². The maximum atomic E-state index is 4.53. The Morgan fingerprint density at radius 3 is 1.88 bits per heavy atom. The molecule has 1 radical (unpaired) electrons. The summed E-state index contributed by atoms with van der Waals surface area (Å²) in [6.45, 7) is 6.43.